The van der Waals surface area contributed by atoms with E-state index < -0.39 is 5.97 Å². The average molecular weight is 390 g/mol. The third-order valence-corrected chi connectivity index (χ3v) is 5.59. The quantitative estimate of drug-likeness (QED) is 0.593. The molecular weight excluding hydrogens is 358 g/mol. The molecular formula is C20H31N5O3. The Bertz CT molecular complexity index is 736. The van der Waals surface area contributed by atoms with Gasteiger partial charge in [0.2, 0.25) is 5.89 Å². The van der Waals surface area contributed by atoms with Gasteiger partial charge in [-0.15, -0.1) is 0 Å². The number of nitrogens with one attached hydrogen (secondary N) is 1. The maximum Gasteiger partial charge on any atom is 0.304 e. The van der Waals surface area contributed by atoms with E-state index in [0.717, 1.165) is 31.1 Å². The lowest BCUT2D eigenvalue weighted by atomic mass is 9.84. The Morgan fingerprint density at radius 2 is 2.21 bits per heavy atom. The van der Waals surface area contributed by atoms with Crippen LogP contribution in [0, 0.1) is 5.92 Å². The van der Waals surface area contributed by atoms with Gasteiger partial charge in [-0.3, -0.25) is 9.48 Å². The molecule has 8 nitrogen and oxygen atoms in total. The lowest BCUT2D eigenvalue weighted by Gasteiger charge is -2.21. The van der Waals surface area contributed by atoms with Crippen LogP contribution in [0.1, 0.15) is 82.3 Å². The zero-order chi connectivity index (χ0) is 19.8. The van der Waals surface area contributed by atoms with E-state index in [-0.39, 0.29) is 12.3 Å². The van der Waals surface area contributed by atoms with Crippen LogP contribution in [0.2, 0.25) is 0 Å². The van der Waals surface area contributed by atoms with E-state index >= 15 is 0 Å². The second-order valence-electron chi connectivity index (χ2n) is 7.66. The summed E-state index contributed by atoms with van der Waals surface area (Å²) in [5.41, 5.74) is 0. The van der Waals surface area contributed by atoms with E-state index in [1.165, 1.54) is 38.5 Å². The Labute approximate surface area is 165 Å². The Morgan fingerprint density at radius 1 is 1.39 bits per heavy atom. The Kier molecular flexibility index (Phi) is 7.45. The zero-order valence-electron chi connectivity index (χ0n) is 16.6. The number of carboxylic acids is 1. The van der Waals surface area contributed by atoms with Crippen LogP contribution in [0.4, 0.5) is 5.82 Å². The molecule has 2 aromatic heterocycles. The molecule has 28 heavy (non-hydrogen) atoms. The fourth-order valence-electron chi connectivity index (χ4n) is 4.06. The van der Waals surface area contributed by atoms with E-state index in [0.29, 0.717) is 18.3 Å². The van der Waals surface area contributed by atoms with Crippen molar-refractivity contribution in [3.63, 3.8) is 0 Å². The highest BCUT2D eigenvalue weighted by Gasteiger charge is 2.23. The van der Waals surface area contributed by atoms with Crippen LogP contribution >= 0.6 is 0 Å². The van der Waals surface area contributed by atoms with Crippen LogP contribution < -0.4 is 5.32 Å². The van der Waals surface area contributed by atoms with E-state index in [1.807, 2.05) is 17.7 Å². The van der Waals surface area contributed by atoms with E-state index in [1.54, 1.807) is 6.20 Å². The number of hydrogen-bond acceptors (Lipinski definition) is 6. The molecule has 2 heterocycles. The van der Waals surface area contributed by atoms with Crippen molar-refractivity contribution >= 4 is 11.8 Å². The van der Waals surface area contributed by atoms with Gasteiger partial charge in [-0.05, 0) is 19.3 Å². The smallest absolute Gasteiger partial charge is 0.304 e. The summed E-state index contributed by atoms with van der Waals surface area (Å²) in [4.78, 5) is 15.7. The first-order valence-corrected chi connectivity index (χ1v) is 10.5. The number of aryl methyl sites for hydroxylation is 1. The number of nitrogens with zero attached hydrogens (tertiary/aromatic N) is 4. The van der Waals surface area contributed by atoms with Gasteiger partial charge in [-0.1, -0.05) is 50.1 Å². The molecule has 2 aromatic rings. The lowest BCUT2D eigenvalue weighted by molar-refractivity contribution is -0.137. The van der Waals surface area contributed by atoms with Crippen molar-refractivity contribution in [3.05, 3.63) is 24.0 Å². The Hall–Kier alpha value is -2.38. The van der Waals surface area contributed by atoms with Gasteiger partial charge in [0, 0.05) is 18.5 Å². The molecule has 0 spiro atoms. The van der Waals surface area contributed by atoms with Crippen molar-refractivity contribution in [3.8, 4) is 0 Å². The van der Waals surface area contributed by atoms with Crippen molar-refractivity contribution in [2.24, 2.45) is 5.92 Å². The SMILES string of the molecule is CCn1nccc1NCc1noc([C@H](CCCC2CCCCC2)CC(=O)O)n1. The molecule has 3 rings (SSSR count). The number of aliphatic carboxylic acids is 1. The molecule has 0 unspecified atom stereocenters. The number of carboxylic acid groups (broad SMARTS) is 1. The van der Waals surface area contributed by atoms with Gasteiger partial charge < -0.3 is 14.9 Å². The first-order chi connectivity index (χ1) is 13.7. The topological polar surface area (TPSA) is 106 Å². The van der Waals surface area contributed by atoms with Gasteiger partial charge in [0.1, 0.15) is 5.82 Å². The summed E-state index contributed by atoms with van der Waals surface area (Å²) in [5.74, 6) is 1.61. The van der Waals surface area contributed by atoms with Gasteiger partial charge in [0.25, 0.3) is 0 Å². The molecule has 1 saturated carbocycles. The van der Waals surface area contributed by atoms with Crippen molar-refractivity contribution < 1.29 is 14.4 Å². The number of hydrogen-bond donors (Lipinski definition) is 2. The van der Waals surface area contributed by atoms with Crippen LogP contribution in [-0.2, 0) is 17.9 Å². The molecule has 154 valence electrons. The third-order valence-electron chi connectivity index (χ3n) is 5.59. The van der Waals surface area contributed by atoms with E-state index in [2.05, 4.69) is 20.6 Å². The fraction of sp³-hybridized carbons (Fsp3) is 0.700. The van der Waals surface area contributed by atoms with Gasteiger partial charge in [-0.2, -0.15) is 10.1 Å². The van der Waals surface area contributed by atoms with E-state index in [4.69, 9.17) is 4.52 Å². The second-order valence-corrected chi connectivity index (χ2v) is 7.66. The van der Waals surface area contributed by atoms with Crippen LogP contribution in [0.5, 0.6) is 0 Å². The monoisotopic (exact) mass is 389 g/mol. The van der Waals surface area contributed by atoms with Crippen molar-refractivity contribution in [1.82, 2.24) is 19.9 Å². The molecule has 1 atom stereocenters. The highest BCUT2D eigenvalue weighted by atomic mass is 16.5. The van der Waals surface area contributed by atoms with Crippen molar-refractivity contribution in [2.75, 3.05) is 5.32 Å². The molecule has 0 saturated heterocycles. The number of rotatable bonds is 11. The second kappa shape index (κ2) is 10.2. The highest BCUT2D eigenvalue weighted by Crippen LogP contribution is 2.31. The molecule has 0 aliphatic heterocycles. The minimum Gasteiger partial charge on any atom is -0.481 e. The first kappa shape index (κ1) is 20.4. The molecule has 8 heteroatoms. The zero-order valence-corrected chi connectivity index (χ0v) is 16.6. The predicted molar refractivity (Wildman–Crippen MR) is 105 cm³/mol. The van der Waals surface area contributed by atoms with Gasteiger partial charge in [0.05, 0.1) is 19.2 Å². The lowest BCUT2D eigenvalue weighted by Crippen LogP contribution is -2.10. The summed E-state index contributed by atoms with van der Waals surface area (Å²) in [6, 6.07) is 1.89. The minimum atomic E-state index is -0.826. The van der Waals surface area contributed by atoms with Crippen molar-refractivity contribution in [1.29, 1.82) is 0 Å². The summed E-state index contributed by atoms with van der Waals surface area (Å²) < 4.78 is 7.26. The number of anilines is 1. The molecule has 1 aliphatic rings. The Morgan fingerprint density at radius 3 is 2.96 bits per heavy atom. The molecule has 0 amide bonds. The van der Waals surface area contributed by atoms with Gasteiger partial charge in [0.15, 0.2) is 5.82 Å². The normalized spacial score (nSPS) is 16.2. The first-order valence-electron chi connectivity index (χ1n) is 10.5. The molecule has 1 aliphatic carbocycles. The Balaban J connectivity index is 1.53. The summed E-state index contributed by atoms with van der Waals surface area (Å²) >= 11 is 0. The standard InChI is InChI=1S/C20H31N5O3/c1-2-25-18(11-12-22-25)21-14-17-23-20(28-24-17)16(13-19(26)27)10-6-9-15-7-4-3-5-8-15/h11-12,15-16,21H,2-10,13-14H2,1H3,(H,26,27)/t16-/m1/s1. The van der Waals surface area contributed by atoms with E-state index in [9.17, 15) is 9.90 Å². The summed E-state index contributed by atoms with van der Waals surface area (Å²) in [7, 11) is 0. The number of aromatic nitrogens is 4. The third kappa shape index (κ3) is 5.81. The number of carbonyl (C=O) groups is 1. The fourth-order valence-corrected chi connectivity index (χ4v) is 4.06. The molecule has 0 radical (unpaired) electrons. The average Bonchev–Trinajstić information content (AvgIpc) is 3.35. The molecule has 2 N–H and O–H groups in total. The van der Waals surface area contributed by atoms with Crippen LogP contribution in [0.15, 0.2) is 16.8 Å². The summed E-state index contributed by atoms with van der Waals surface area (Å²) in [6.45, 7) is 3.21. The molecule has 1 fully saturated rings. The van der Waals surface area contributed by atoms with Crippen molar-refractivity contribution in [2.45, 2.75) is 83.7 Å². The highest BCUT2D eigenvalue weighted by molar-refractivity contribution is 5.67. The minimum absolute atomic E-state index is 0.0301. The molecule has 0 bridgehead atoms. The van der Waals surface area contributed by atoms with Crippen LogP contribution in [0.25, 0.3) is 0 Å². The van der Waals surface area contributed by atoms with Crippen LogP contribution in [-0.4, -0.2) is 31.0 Å². The predicted octanol–water partition coefficient (Wildman–Crippen LogP) is 4.21. The maximum atomic E-state index is 11.3. The van der Waals surface area contributed by atoms with Gasteiger partial charge in [-0.25, -0.2) is 0 Å². The van der Waals surface area contributed by atoms with Crippen LogP contribution in [0.3, 0.4) is 0 Å². The largest absolute Gasteiger partial charge is 0.481 e. The van der Waals surface area contributed by atoms with Gasteiger partial charge >= 0.3 is 5.97 Å². The summed E-state index contributed by atoms with van der Waals surface area (Å²) in [6.07, 6.45) is 11.4. The maximum absolute atomic E-state index is 11.3. The molecule has 0 aromatic carbocycles. The summed E-state index contributed by atoms with van der Waals surface area (Å²) in [5, 5.41) is 20.7.